The third kappa shape index (κ3) is 4.09. The van der Waals surface area contributed by atoms with Crippen molar-refractivity contribution in [2.75, 3.05) is 11.9 Å². The average molecular weight is 354 g/mol. The van der Waals surface area contributed by atoms with Gasteiger partial charge in [0.1, 0.15) is 0 Å². The second-order valence-corrected chi connectivity index (χ2v) is 6.46. The minimum Gasteiger partial charge on any atom is -0.365 e. The molecule has 0 aliphatic carbocycles. The van der Waals surface area contributed by atoms with Crippen LogP contribution in [0.1, 0.15) is 16.7 Å². The van der Waals surface area contributed by atoms with Crippen molar-refractivity contribution in [3.8, 4) is 5.69 Å². The maximum Gasteiger partial charge on any atom is 0.297 e. The van der Waals surface area contributed by atoms with Crippen LogP contribution in [-0.2, 0) is 6.42 Å². The van der Waals surface area contributed by atoms with Crippen molar-refractivity contribution in [2.24, 2.45) is 0 Å². The van der Waals surface area contributed by atoms with E-state index in [0.717, 1.165) is 28.3 Å². The van der Waals surface area contributed by atoms with Gasteiger partial charge in [0.05, 0.1) is 0 Å². The smallest absolute Gasteiger partial charge is 0.297 e. The normalized spacial score (nSPS) is 10.7. The summed E-state index contributed by atoms with van der Waals surface area (Å²) in [5.41, 5.74) is 4.20. The lowest BCUT2D eigenvalue weighted by molar-refractivity contribution is 0.930. The van der Waals surface area contributed by atoms with Crippen molar-refractivity contribution in [1.82, 2.24) is 9.55 Å². The lowest BCUT2D eigenvalue weighted by Crippen LogP contribution is -2.24. The lowest BCUT2D eigenvalue weighted by atomic mass is 10.1. The molecule has 1 N–H and O–H groups in total. The molecule has 0 spiro atoms. The summed E-state index contributed by atoms with van der Waals surface area (Å²) in [6.07, 6.45) is 4.12. The molecular formula is C20H20ClN3O. The van der Waals surface area contributed by atoms with Crippen LogP contribution in [0.3, 0.4) is 0 Å². The fraction of sp³-hybridized carbons (Fsp3) is 0.200. The van der Waals surface area contributed by atoms with Crippen LogP contribution in [0.25, 0.3) is 5.69 Å². The number of aryl methyl sites for hydroxylation is 2. The van der Waals surface area contributed by atoms with E-state index in [1.54, 1.807) is 17.0 Å². The summed E-state index contributed by atoms with van der Waals surface area (Å²) in [7, 11) is 0. The Kier molecular flexibility index (Phi) is 5.19. The van der Waals surface area contributed by atoms with Gasteiger partial charge in [0.2, 0.25) is 0 Å². The SMILES string of the molecule is Cc1ccc(-n2ccnc(NCCc3ccc(Cl)cc3)c2=O)cc1C. The van der Waals surface area contributed by atoms with Gasteiger partial charge in [-0.2, -0.15) is 0 Å². The van der Waals surface area contributed by atoms with Crippen LogP contribution in [0.5, 0.6) is 0 Å². The topological polar surface area (TPSA) is 46.9 Å². The summed E-state index contributed by atoms with van der Waals surface area (Å²) < 4.78 is 1.62. The molecule has 1 aromatic heterocycles. The van der Waals surface area contributed by atoms with Crippen LogP contribution < -0.4 is 10.9 Å². The summed E-state index contributed by atoms with van der Waals surface area (Å²) in [6, 6.07) is 13.7. The summed E-state index contributed by atoms with van der Waals surface area (Å²) in [5.74, 6) is 0.356. The van der Waals surface area contributed by atoms with Gasteiger partial charge in [-0.3, -0.25) is 9.36 Å². The molecule has 0 fully saturated rings. The van der Waals surface area contributed by atoms with Gasteiger partial charge in [-0.05, 0) is 61.2 Å². The van der Waals surface area contributed by atoms with Crippen molar-refractivity contribution >= 4 is 17.4 Å². The van der Waals surface area contributed by atoms with E-state index in [0.29, 0.717) is 12.4 Å². The molecule has 0 unspecified atom stereocenters. The summed E-state index contributed by atoms with van der Waals surface area (Å²) in [6.45, 7) is 4.72. The molecule has 2 aromatic carbocycles. The maximum absolute atomic E-state index is 12.7. The zero-order valence-electron chi connectivity index (χ0n) is 14.3. The Morgan fingerprint density at radius 3 is 2.56 bits per heavy atom. The molecule has 0 bridgehead atoms. The Morgan fingerprint density at radius 2 is 1.84 bits per heavy atom. The fourth-order valence-electron chi connectivity index (χ4n) is 2.59. The van der Waals surface area contributed by atoms with E-state index in [-0.39, 0.29) is 5.56 Å². The molecule has 0 radical (unpaired) electrons. The second-order valence-electron chi connectivity index (χ2n) is 6.02. The molecule has 3 rings (SSSR count). The van der Waals surface area contributed by atoms with Gasteiger partial charge in [0, 0.05) is 29.6 Å². The Hall–Kier alpha value is -2.59. The first-order valence-electron chi connectivity index (χ1n) is 8.18. The molecule has 3 aromatic rings. The predicted molar refractivity (Wildman–Crippen MR) is 103 cm³/mol. The standard InChI is InChI=1S/C20H20ClN3O/c1-14-3-8-18(13-15(14)2)24-12-11-23-19(20(24)25)22-10-9-16-4-6-17(21)7-5-16/h3-8,11-13H,9-10H2,1-2H3,(H,22,23). The number of hydrogen-bond donors (Lipinski definition) is 1. The van der Waals surface area contributed by atoms with Crippen LogP contribution in [-0.4, -0.2) is 16.1 Å². The van der Waals surface area contributed by atoms with Gasteiger partial charge in [-0.25, -0.2) is 4.98 Å². The Labute approximate surface area is 152 Å². The molecule has 0 aliphatic rings. The quantitative estimate of drug-likeness (QED) is 0.749. The molecule has 0 amide bonds. The van der Waals surface area contributed by atoms with Gasteiger partial charge in [0.15, 0.2) is 5.82 Å². The number of aromatic nitrogens is 2. The summed E-state index contributed by atoms with van der Waals surface area (Å²) in [4.78, 5) is 16.9. The Bertz CT molecular complexity index is 932. The van der Waals surface area contributed by atoms with Crippen LogP contribution >= 0.6 is 11.6 Å². The summed E-state index contributed by atoms with van der Waals surface area (Å²) in [5, 5.41) is 3.85. The van der Waals surface area contributed by atoms with E-state index in [1.807, 2.05) is 49.4 Å². The van der Waals surface area contributed by atoms with Crippen LogP contribution in [0.2, 0.25) is 5.02 Å². The first-order valence-corrected chi connectivity index (χ1v) is 8.56. The van der Waals surface area contributed by atoms with Crippen LogP contribution in [0.15, 0.2) is 59.7 Å². The maximum atomic E-state index is 12.7. The Balaban J connectivity index is 1.75. The van der Waals surface area contributed by atoms with E-state index >= 15 is 0 Å². The van der Waals surface area contributed by atoms with Gasteiger partial charge in [-0.1, -0.05) is 29.8 Å². The monoisotopic (exact) mass is 353 g/mol. The van der Waals surface area contributed by atoms with Gasteiger partial charge >= 0.3 is 0 Å². The highest BCUT2D eigenvalue weighted by Crippen LogP contribution is 2.13. The van der Waals surface area contributed by atoms with Crippen molar-refractivity contribution in [1.29, 1.82) is 0 Å². The molecule has 0 saturated carbocycles. The third-order valence-corrected chi connectivity index (χ3v) is 4.48. The molecule has 0 aliphatic heterocycles. The second kappa shape index (κ2) is 7.53. The first-order chi connectivity index (χ1) is 12.0. The third-order valence-electron chi connectivity index (χ3n) is 4.23. The highest BCUT2D eigenvalue weighted by molar-refractivity contribution is 6.30. The molecule has 5 heteroatoms. The summed E-state index contributed by atoms with van der Waals surface area (Å²) >= 11 is 5.89. The van der Waals surface area contributed by atoms with E-state index in [4.69, 9.17) is 11.6 Å². The number of hydrogen-bond acceptors (Lipinski definition) is 3. The van der Waals surface area contributed by atoms with E-state index in [2.05, 4.69) is 17.2 Å². The van der Waals surface area contributed by atoms with E-state index < -0.39 is 0 Å². The van der Waals surface area contributed by atoms with Crippen molar-refractivity contribution in [2.45, 2.75) is 20.3 Å². The number of nitrogens with one attached hydrogen (secondary N) is 1. The number of rotatable bonds is 5. The highest BCUT2D eigenvalue weighted by atomic mass is 35.5. The number of nitrogens with zero attached hydrogens (tertiary/aromatic N) is 2. The fourth-order valence-corrected chi connectivity index (χ4v) is 2.71. The zero-order chi connectivity index (χ0) is 17.8. The van der Waals surface area contributed by atoms with Crippen LogP contribution in [0.4, 0.5) is 5.82 Å². The molecule has 0 saturated heterocycles. The number of anilines is 1. The minimum absolute atomic E-state index is 0.151. The van der Waals surface area contributed by atoms with Crippen molar-refractivity contribution in [3.63, 3.8) is 0 Å². The van der Waals surface area contributed by atoms with Gasteiger partial charge < -0.3 is 5.32 Å². The van der Waals surface area contributed by atoms with Gasteiger partial charge in [0.25, 0.3) is 5.56 Å². The molecule has 0 atom stereocenters. The first kappa shape index (κ1) is 17.2. The van der Waals surface area contributed by atoms with E-state index in [1.165, 1.54) is 5.56 Å². The number of halogens is 1. The zero-order valence-corrected chi connectivity index (χ0v) is 15.0. The van der Waals surface area contributed by atoms with Gasteiger partial charge in [-0.15, -0.1) is 0 Å². The molecule has 25 heavy (non-hydrogen) atoms. The lowest BCUT2D eigenvalue weighted by Gasteiger charge is -2.11. The van der Waals surface area contributed by atoms with Crippen molar-refractivity contribution < 1.29 is 0 Å². The highest BCUT2D eigenvalue weighted by Gasteiger charge is 2.07. The number of benzene rings is 2. The predicted octanol–water partition coefficient (Wildman–Crippen LogP) is 4.16. The van der Waals surface area contributed by atoms with Crippen molar-refractivity contribution in [3.05, 3.63) is 86.9 Å². The molecule has 1 heterocycles. The molecular weight excluding hydrogens is 334 g/mol. The van der Waals surface area contributed by atoms with E-state index in [9.17, 15) is 4.79 Å². The van der Waals surface area contributed by atoms with Crippen LogP contribution in [0, 0.1) is 13.8 Å². The molecule has 128 valence electrons. The minimum atomic E-state index is -0.151. The molecule has 4 nitrogen and oxygen atoms in total. The average Bonchev–Trinajstić information content (AvgIpc) is 2.61. The largest absolute Gasteiger partial charge is 0.365 e. The Morgan fingerprint density at radius 1 is 1.08 bits per heavy atom.